The molecule has 0 bridgehead atoms. The number of carbonyl (C=O) groups excluding carboxylic acids is 2. The van der Waals surface area contributed by atoms with Crippen LogP contribution in [0.3, 0.4) is 0 Å². The third-order valence-corrected chi connectivity index (χ3v) is 6.62. The fraction of sp³-hybridized carbons (Fsp3) is 0.545. The van der Waals surface area contributed by atoms with Gasteiger partial charge in [0.05, 0.1) is 18.6 Å². The Bertz CT molecular complexity index is 804. The normalized spacial score (nSPS) is 25.8. The Balaban J connectivity index is 1.53. The molecule has 2 heterocycles. The van der Waals surface area contributed by atoms with Crippen LogP contribution >= 0.6 is 0 Å². The summed E-state index contributed by atoms with van der Waals surface area (Å²) in [7, 11) is 1.66. The van der Waals surface area contributed by atoms with Crippen LogP contribution < -0.4 is 10.8 Å². The van der Waals surface area contributed by atoms with Crippen LogP contribution in [0.15, 0.2) is 35.9 Å². The van der Waals surface area contributed by atoms with Crippen molar-refractivity contribution in [2.24, 2.45) is 11.3 Å². The molecule has 2 amide bonds. The molecule has 0 aromatic heterocycles. The lowest BCUT2D eigenvalue weighted by Gasteiger charge is -2.39. The molecule has 7 nitrogen and oxygen atoms in total. The van der Waals surface area contributed by atoms with E-state index in [1.165, 1.54) is 5.57 Å². The summed E-state index contributed by atoms with van der Waals surface area (Å²) in [5.41, 5.74) is 5.38. The van der Waals surface area contributed by atoms with E-state index in [1.54, 1.807) is 12.6 Å². The molecule has 2 aliphatic heterocycles. The maximum atomic E-state index is 13.3. The zero-order valence-electron chi connectivity index (χ0n) is 16.8. The van der Waals surface area contributed by atoms with E-state index >= 15 is 0 Å². The van der Waals surface area contributed by atoms with Gasteiger partial charge in [-0.1, -0.05) is 30.3 Å². The van der Waals surface area contributed by atoms with Crippen molar-refractivity contribution < 1.29 is 19.5 Å². The summed E-state index contributed by atoms with van der Waals surface area (Å²) in [6.07, 6.45) is 3.54. The number of benzene rings is 1. The average molecular weight is 399 g/mol. The van der Waals surface area contributed by atoms with E-state index in [0.717, 1.165) is 36.9 Å². The van der Waals surface area contributed by atoms with Crippen LogP contribution in [0.1, 0.15) is 31.2 Å². The van der Waals surface area contributed by atoms with E-state index in [9.17, 15) is 14.8 Å². The number of amides is 2. The van der Waals surface area contributed by atoms with Crippen molar-refractivity contribution in [2.75, 3.05) is 33.4 Å². The van der Waals surface area contributed by atoms with Gasteiger partial charge in [0.25, 0.3) is 0 Å². The summed E-state index contributed by atoms with van der Waals surface area (Å²) in [4.78, 5) is 27.4. The SMILES string of the molecule is COCC1=C(c2ccccc2)CCN(C(=O)C2NCC3(CC3)CC2C(=O)NO)C1. The van der Waals surface area contributed by atoms with Gasteiger partial charge in [-0.3, -0.25) is 14.8 Å². The number of piperidine rings is 1. The van der Waals surface area contributed by atoms with E-state index in [0.29, 0.717) is 26.1 Å². The first-order valence-electron chi connectivity index (χ1n) is 10.3. The zero-order chi connectivity index (χ0) is 20.4. The van der Waals surface area contributed by atoms with Crippen molar-refractivity contribution in [3.8, 4) is 0 Å². The second-order valence-corrected chi connectivity index (χ2v) is 8.54. The average Bonchev–Trinajstić information content (AvgIpc) is 3.52. The number of nitrogens with zero attached hydrogens (tertiary/aromatic N) is 1. The molecule has 29 heavy (non-hydrogen) atoms. The zero-order valence-corrected chi connectivity index (χ0v) is 16.8. The van der Waals surface area contributed by atoms with E-state index in [4.69, 9.17) is 4.74 Å². The van der Waals surface area contributed by atoms with Gasteiger partial charge in [-0.15, -0.1) is 0 Å². The summed E-state index contributed by atoms with van der Waals surface area (Å²) in [6.45, 7) is 2.32. The van der Waals surface area contributed by atoms with Gasteiger partial charge in [0, 0.05) is 26.7 Å². The van der Waals surface area contributed by atoms with Crippen LogP contribution in [0.4, 0.5) is 0 Å². The van der Waals surface area contributed by atoms with Gasteiger partial charge >= 0.3 is 0 Å². The minimum atomic E-state index is -0.601. The monoisotopic (exact) mass is 399 g/mol. The van der Waals surface area contributed by atoms with Gasteiger partial charge in [0.1, 0.15) is 0 Å². The smallest absolute Gasteiger partial charge is 0.248 e. The largest absolute Gasteiger partial charge is 0.380 e. The van der Waals surface area contributed by atoms with Gasteiger partial charge in [-0.25, -0.2) is 5.48 Å². The van der Waals surface area contributed by atoms with Crippen LogP contribution in [0.2, 0.25) is 0 Å². The lowest BCUT2D eigenvalue weighted by Crippen LogP contribution is -2.59. The third kappa shape index (κ3) is 4.08. The highest BCUT2D eigenvalue weighted by molar-refractivity contribution is 5.91. The lowest BCUT2D eigenvalue weighted by molar-refractivity contribution is -0.144. The molecule has 1 aromatic carbocycles. The van der Waals surface area contributed by atoms with Gasteiger partial charge in [0.2, 0.25) is 11.8 Å². The summed E-state index contributed by atoms with van der Waals surface area (Å²) in [5.74, 6) is -1.10. The van der Waals surface area contributed by atoms with Crippen molar-refractivity contribution in [3.05, 3.63) is 41.5 Å². The molecule has 7 heteroatoms. The standard InChI is InChI=1S/C22H29N3O4/c1-29-13-16-12-25(10-7-17(16)15-5-3-2-4-6-15)21(27)19-18(20(26)24-28)11-22(8-9-22)14-23-19/h2-6,18-19,23,28H,7-14H2,1H3,(H,24,26). The Labute approximate surface area is 171 Å². The maximum absolute atomic E-state index is 13.3. The predicted octanol–water partition coefficient (Wildman–Crippen LogP) is 1.58. The Kier molecular flexibility index (Phi) is 5.72. The Morgan fingerprint density at radius 2 is 2.07 bits per heavy atom. The van der Waals surface area contributed by atoms with Crippen LogP contribution in [0.5, 0.6) is 0 Å². The Hall–Kier alpha value is -2.22. The molecular formula is C22H29N3O4. The van der Waals surface area contributed by atoms with Crippen LogP contribution in [-0.2, 0) is 14.3 Å². The topological polar surface area (TPSA) is 90.9 Å². The number of ether oxygens (including phenoxy) is 1. The van der Waals surface area contributed by atoms with Gasteiger partial charge in [0.15, 0.2) is 0 Å². The predicted molar refractivity (Wildman–Crippen MR) is 108 cm³/mol. The highest BCUT2D eigenvalue weighted by Gasteiger charge is 2.52. The number of hydrogen-bond acceptors (Lipinski definition) is 5. The second kappa shape index (κ2) is 8.26. The van der Waals surface area contributed by atoms with E-state index in [-0.39, 0.29) is 11.3 Å². The number of hydrogen-bond donors (Lipinski definition) is 3. The minimum Gasteiger partial charge on any atom is -0.380 e. The Morgan fingerprint density at radius 1 is 1.31 bits per heavy atom. The van der Waals surface area contributed by atoms with Gasteiger partial charge in [-0.2, -0.15) is 0 Å². The lowest BCUT2D eigenvalue weighted by atomic mass is 9.81. The number of rotatable bonds is 5. The molecular weight excluding hydrogens is 370 g/mol. The van der Waals surface area contributed by atoms with Crippen molar-refractivity contribution in [1.29, 1.82) is 0 Å². The van der Waals surface area contributed by atoms with Crippen molar-refractivity contribution >= 4 is 17.4 Å². The maximum Gasteiger partial charge on any atom is 0.248 e. The van der Waals surface area contributed by atoms with Crippen LogP contribution in [0, 0.1) is 11.3 Å². The number of hydroxylamine groups is 1. The molecule has 2 fully saturated rings. The van der Waals surface area contributed by atoms with Crippen LogP contribution in [0.25, 0.3) is 5.57 Å². The highest BCUT2D eigenvalue weighted by atomic mass is 16.5. The molecule has 1 saturated heterocycles. The first-order valence-corrected chi connectivity index (χ1v) is 10.3. The van der Waals surface area contributed by atoms with E-state index in [2.05, 4.69) is 17.4 Å². The molecule has 1 aromatic rings. The molecule has 1 spiro atoms. The van der Waals surface area contributed by atoms with E-state index in [1.807, 2.05) is 23.1 Å². The van der Waals surface area contributed by atoms with Crippen molar-refractivity contribution in [2.45, 2.75) is 31.7 Å². The molecule has 2 unspecified atom stereocenters. The minimum absolute atomic E-state index is 0.0742. The van der Waals surface area contributed by atoms with Crippen molar-refractivity contribution in [1.82, 2.24) is 15.7 Å². The summed E-state index contributed by atoms with van der Waals surface area (Å²) < 4.78 is 5.41. The number of nitrogens with one attached hydrogen (secondary N) is 2. The third-order valence-electron chi connectivity index (χ3n) is 6.62. The van der Waals surface area contributed by atoms with Crippen LogP contribution in [-0.4, -0.2) is 61.3 Å². The number of carbonyl (C=O) groups is 2. The van der Waals surface area contributed by atoms with Crippen molar-refractivity contribution in [3.63, 3.8) is 0 Å². The van der Waals surface area contributed by atoms with E-state index < -0.39 is 17.9 Å². The molecule has 1 aliphatic carbocycles. The molecule has 3 N–H and O–H groups in total. The summed E-state index contributed by atoms with van der Waals surface area (Å²) in [5, 5.41) is 12.5. The quantitative estimate of drug-likeness (QED) is 0.517. The van der Waals surface area contributed by atoms with Gasteiger partial charge < -0.3 is 15.0 Å². The highest BCUT2D eigenvalue weighted by Crippen LogP contribution is 2.52. The molecule has 1 saturated carbocycles. The summed E-state index contributed by atoms with van der Waals surface area (Å²) >= 11 is 0. The summed E-state index contributed by atoms with van der Waals surface area (Å²) in [6, 6.07) is 9.59. The number of methoxy groups -OCH3 is 1. The molecule has 4 rings (SSSR count). The first kappa shape index (κ1) is 20.1. The molecule has 3 aliphatic rings. The first-order chi connectivity index (χ1) is 14.1. The van der Waals surface area contributed by atoms with Gasteiger partial charge in [-0.05, 0) is 47.8 Å². The fourth-order valence-electron chi connectivity index (χ4n) is 4.78. The fourth-order valence-corrected chi connectivity index (χ4v) is 4.78. The molecule has 2 atom stereocenters. The Morgan fingerprint density at radius 3 is 2.72 bits per heavy atom. The second-order valence-electron chi connectivity index (χ2n) is 8.54. The molecule has 0 radical (unpaired) electrons. The molecule has 156 valence electrons.